The zero-order valence-corrected chi connectivity index (χ0v) is 36.9. The van der Waals surface area contributed by atoms with Crippen LogP contribution in [0.1, 0.15) is 251 Å². The number of nitrogens with one attached hydrogen (secondary N) is 1. The minimum absolute atomic E-state index is 0.0676. The Labute approximate surface area is 344 Å². The number of allylic oxidation sites excluding steroid dienone is 7. The van der Waals surface area contributed by atoms with Crippen molar-refractivity contribution < 1.29 is 15.0 Å². The summed E-state index contributed by atoms with van der Waals surface area (Å²) in [6.07, 6.45) is 64.3. The van der Waals surface area contributed by atoms with Gasteiger partial charge in [0.25, 0.3) is 0 Å². The van der Waals surface area contributed by atoms with Crippen LogP contribution < -0.4 is 5.32 Å². The summed E-state index contributed by atoms with van der Waals surface area (Å²) in [4.78, 5) is 12.3. The van der Waals surface area contributed by atoms with Crippen LogP contribution in [0.4, 0.5) is 0 Å². The molecule has 0 aromatic carbocycles. The molecule has 0 aromatic heterocycles. The summed E-state index contributed by atoms with van der Waals surface area (Å²) in [5.41, 5.74) is 0. The molecular formula is C51H95NO3. The second kappa shape index (κ2) is 46.7. The second-order valence-electron chi connectivity index (χ2n) is 16.5. The number of carbonyl (C=O) groups is 1. The van der Waals surface area contributed by atoms with E-state index >= 15 is 0 Å². The zero-order valence-electron chi connectivity index (χ0n) is 36.9. The number of aliphatic hydroxyl groups excluding tert-OH is 2. The van der Waals surface area contributed by atoms with Crippen LogP contribution in [-0.4, -0.2) is 34.9 Å². The van der Waals surface area contributed by atoms with E-state index in [4.69, 9.17) is 0 Å². The van der Waals surface area contributed by atoms with Gasteiger partial charge in [-0.15, -0.1) is 0 Å². The maximum atomic E-state index is 12.3. The van der Waals surface area contributed by atoms with Gasteiger partial charge in [-0.3, -0.25) is 4.79 Å². The molecule has 2 atom stereocenters. The van der Waals surface area contributed by atoms with Gasteiger partial charge in [-0.05, 0) is 57.8 Å². The van der Waals surface area contributed by atoms with Crippen LogP contribution in [0, 0.1) is 0 Å². The van der Waals surface area contributed by atoms with Crippen molar-refractivity contribution in [2.75, 3.05) is 6.61 Å². The second-order valence-corrected chi connectivity index (χ2v) is 16.5. The highest BCUT2D eigenvalue weighted by atomic mass is 16.3. The molecule has 0 aliphatic carbocycles. The summed E-state index contributed by atoms with van der Waals surface area (Å²) in [5.74, 6) is -0.0676. The van der Waals surface area contributed by atoms with Crippen LogP contribution in [-0.2, 0) is 4.79 Å². The van der Waals surface area contributed by atoms with Gasteiger partial charge in [0.2, 0.25) is 5.91 Å². The number of amides is 1. The van der Waals surface area contributed by atoms with E-state index in [1.54, 1.807) is 6.08 Å². The monoisotopic (exact) mass is 770 g/mol. The van der Waals surface area contributed by atoms with Crippen molar-refractivity contribution in [1.82, 2.24) is 5.32 Å². The van der Waals surface area contributed by atoms with Crippen LogP contribution in [0.2, 0.25) is 0 Å². The van der Waals surface area contributed by atoms with Crippen molar-refractivity contribution in [2.45, 2.75) is 264 Å². The molecule has 0 aromatic rings. The standard InChI is InChI=1S/C51H95NO3/c1-3-5-7-9-11-12-13-14-15-16-17-18-19-20-21-22-23-24-25-26-27-28-29-30-31-32-33-34-35-36-37-38-39-40-41-43-45-47-51(55)52-49(48-53)50(54)46-44-42-10-8-6-4-2/h13-14,16-17,19-20,44,46,49-50,53-54H,3-12,15,18,21-43,45,47-48H2,1-2H3,(H,52,55)/b14-13-,17-16-,20-19-,46-44+. The number of unbranched alkanes of at least 4 members (excludes halogenated alkanes) is 31. The van der Waals surface area contributed by atoms with Crippen molar-refractivity contribution >= 4 is 5.91 Å². The van der Waals surface area contributed by atoms with Gasteiger partial charge in [-0.1, -0.05) is 236 Å². The van der Waals surface area contributed by atoms with Gasteiger partial charge in [0.1, 0.15) is 0 Å². The Morgan fingerprint density at radius 3 is 1.13 bits per heavy atom. The lowest BCUT2D eigenvalue weighted by molar-refractivity contribution is -0.123. The molecule has 0 fully saturated rings. The molecule has 2 unspecified atom stereocenters. The molecule has 0 radical (unpaired) electrons. The first kappa shape index (κ1) is 53.4. The van der Waals surface area contributed by atoms with Crippen LogP contribution in [0.5, 0.6) is 0 Å². The van der Waals surface area contributed by atoms with E-state index in [9.17, 15) is 15.0 Å². The molecule has 4 nitrogen and oxygen atoms in total. The van der Waals surface area contributed by atoms with Gasteiger partial charge in [0, 0.05) is 6.42 Å². The molecule has 4 heteroatoms. The SMILES string of the molecule is CCCCCC/C=C/C(O)C(CO)NC(=O)CCCCCCCCCCCCCCCCCCCCCCCC/C=C\C/C=C\C/C=C\CCCCCCC. The lowest BCUT2D eigenvalue weighted by Gasteiger charge is -2.20. The first-order valence-corrected chi connectivity index (χ1v) is 24.4. The molecule has 0 aliphatic rings. The Balaban J connectivity index is 3.35. The molecule has 0 aliphatic heterocycles. The fourth-order valence-electron chi connectivity index (χ4n) is 7.30. The van der Waals surface area contributed by atoms with Gasteiger partial charge >= 0.3 is 0 Å². The van der Waals surface area contributed by atoms with E-state index in [0.717, 1.165) is 38.5 Å². The molecule has 55 heavy (non-hydrogen) atoms. The fourth-order valence-corrected chi connectivity index (χ4v) is 7.30. The molecule has 0 saturated carbocycles. The molecule has 0 saturated heterocycles. The number of carbonyl (C=O) groups excluding carboxylic acids is 1. The highest BCUT2D eigenvalue weighted by Crippen LogP contribution is 2.16. The van der Waals surface area contributed by atoms with E-state index in [1.165, 1.54) is 193 Å². The highest BCUT2D eigenvalue weighted by molar-refractivity contribution is 5.76. The van der Waals surface area contributed by atoms with Crippen molar-refractivity contribution in [2.24, 2.45) is 0 Å². The Bertz CT molecular complexity index is 877. The van der Waals surface area contributed by atoms with Crippen molar-refractivity contribution in [3.8, 4) is 0 Å². The zero-order chi connectivity index (χ0) is 40.0. The van der Waals surface area contributed by atoms with Crippen molar-refractivity contribution in [3.05, 3.63) is 48.6 Å². The largest absolute Gasteiger partial charge is 0.394 e. The summed E-state index contributed by atoms with van der Waals surface area (Å²) in [5, 5.41) is 22.7. The molecule has 0 heterocycles. The number of hydrogen-bond donors (Lipinski definition) is 3. The number of hydrogen-bond acceptors (Lipinski definition) is 3. The van der Waals surface area contributed by atoms with E-state index in [0.29, 0.717) is 6.42 Å². The normalized spacial score (nSPS) is 13.3. The Hall–Kier alpha value is -1.65. The van der Waals surface area contributed by atoms with E-state index in [2.05, 4.69) is 55.6 Å². The van der Waals surface area contributed by atoms with E-state index in [1.807, 2.05) is 6.08 Å². The summed E-state index contributed by atoms with van der Waals surface area (Å²) < 4.78 is 0. The summed E-state index contributed by atoms with van der Waals surface area (Å²) in [6.45, 7) is 4.23. The van der Waals surface area contributed by atoms with E-state index in [-0.39, 0.29) is 12.5 Å². The minimum Gasteiger partial charge on any atom is -0.394 e. The van der Waals surface area contributed by atoms with Crippen molar-refractivity contribution in [1.29, 1.82) is 0 Å². The van der Waals surface area contributed by atoms with Gasteiger partial charge in [-0.2, -0.15) is 0 Å². The number of aliphatic hydroxyl groups is 2. The summed E-state index contributed by atoms with van der Waals surface area (Å²) >= 11 is 0. The smallest absolute Gasteiger partial charge is 0.220 e. The first-order chi connectivity index (χ1) is 27.2. The molecule has 322 valence electrons. The quantitative estimate of drug-likeness (QED) is 0.0427. The maximum Gasteiger partial charge on any atom is 0.220 e. The third kappa shape index (κ3) is 43.3. The third-order valence-electron chi connectivity index (χ3n) is 11.1. The maximum absolute atomic E-state index is 12.3. The van der Waals surface area contributed by atoms with Crippen LogP contribution in [0.15, 0.2) is 48.6 Å². The lowest BCUT2D eigenvalue weighted by Crippen LogP contribution is -2.45. The molecule has 3 N–H and O–H groups in total. The molecule has 0 rings (SSSR count). The minimum atomic E-state index is -0.834. The van der Waals surface area contributed by atoms with Crippen LogP contribution in [0.25, 0.3) is 0 Å². The van der Waals surface area contributed by atoms with Crippen LogP contribution >= 0.6 is 0 Å². The van der Waals surface area contributed by atoms with Crippen LogP contribution in [0.3, 0.4) is 0 Å². The Morgan fingerprint density at radius 2 is 0.745 bits per heavy atom. The lowest BCUT2D eigenvalue weighted by atomic mass is 10.0. The molecule has 0 bridgehead atoms. The molecule has 1 amide bonds. The predicted molar refractivity (Wildman–Crippen MR) is 244 cm³/mol. The number of rotatable bonds is 44. The molecule has 0 spiro atoms. The Morgan fingerprint density at radius 1 is 0.436 bits per heavy atom. The third-order valence-corrected chi connectivity index (χ3v) is 11.1. The van der Waals surface area contributed by atoms with Gasteiger partial charge < -0.3 is 15.5 Å². The summed E-state index contributed by atoms with van der Waals surface area (Å²) in [7, 11) is 0. The van der Waals surface area contributed by atoms with Gasteiger partial charge in [-0.25, -0.2) is 0 Å². The van der Waals surface area contributed by atoms with Gasteiger partial charge in [0.15, 0.2) is 0 Å². The topological polar surface area (TPSA) is 69.6 Å². The fraction of sp³-hybridized carbons (Fsp3) is 0.824. The van der Waals surface area contributed by atoms with Crippen molar-refractivity contribution in [3.63, 3.8) is 0 Å². The average Bonchev–Trinajstić information content (AvgIpc) is 3.19. The van der Waals surface area contributed by atoms with E-state index < -0.39 is 12.1 Å². The Kier molecular flexibility index (Phi) is 45.3. The first-order valence-electron chi connectivity index (χ1n) is 24.4. The van der Waals surface area contributed by atoms with Gasteiger partial charge in [0.05, 0.1) is 18.8 Å². The molecular weight excluding hydrogens is 675 g/mol. The predicted octanol–water partition coefficient (Wildman–Crippen LogP) is 15.5. The summed E-state index contributed by atoms with van der Waals surface area (Å²) in [6, 6.07) is -0.617. The average molecular weight is 770 g/mol. The highest BCUT2D eigenvalue weighted by Gasteiger charge is 2.17.